The van der Waals surface area contributed by atoms with E-state index in [1.54, 1.807) is 6.08 Å². The quantitative estimate of drug-likeness (QED) is 0.816. The van der Waals surface area contributed by atoms with Gasteiger partial charge in [-0.3, -0.25) is 4.79 Å². The molecule has 1 heterocycles. The van der Waals surface area contributed by atoms with E-state index in [1.807, 2.05) is 36.0 Å². The minimum atomic E-state index is -0.970. The highest BCUT2D eigenvalue weighted by atomic mass is 32.2. The summed E-state index contributed by atoms with van der Waals surface area (Å²) >= 11 is 1.82. The van der Waals surface area contributed by atoms with Crippen LogP contribution in [-0.4, -0.2) is 28.5 Å². The van der Waals surface area contributed by atoms with E-state index in [0.29, 0.717) is 6.54 Å². The van der Waals surface area contributed by atoms with Gasteiger partial charge in [-0.25, -0.2) is 4.79 Å². The van der Waals surface area contributed by atoms with Crippen molar-refractivity contribution in [3.05, 3.63) is 41.5 Å². The van der Waals surface area contributed by atoms with Crippen LogP contribution in [0.4, 0.5) is 0 Å². The van der Waals surface area contributed by atoms with Gasteiger partial charge in [0.2, 0.25) is 5.91 Å². The summed E-state index contributed by atoms with van der Waals surface area (Å²) < 4.78 is 0. The first-order chi connectivity index (χ1) is 9.65. The predicted octanol–water partition coefficient (Wildman–Crippen LogP) is 2.15. The lowest BCUT2D eigenvalue weighted by atomic mass is 10.1. The van der Waals surface area contributed by atoms with Crippen LogP contribution in [0, 0.1) is 5.92 Å². The highest BCUT2D eigenvalue weighted by Gasteiger charge is 2.22. The largest absolute Gasteiger partial charge is 0.478 e. The average molecular weight is 291 g/mol. The fourth-order valence-corrected chi connectivity index (χ4v) is 3.27. The second-order valence-electron chi connectivity index (χ2n) is 4.69. The molecule has 1 aromatic rings. The van der Waals surface area contributed by atoms with Gasteiger partial charge < -0.3 is 10.4 Å². The molecule has 0 spiro atoms. The first-order valence-corrected chi connectivity index (χ1v) is 7.66. The lowest BCUT2D eigenvalue weighted by Gasteiger charge is -2.10. The number of aliphatic carboxylic acids is 1. The van der Waals surface area contributed by atoms with Gasteiger partial charge in [-0.15, -0.1) is 0 Å². The van der Waals surface area contributed by atoms with E-state index in [0.717, 1.165) is 35.1 Å². The Balaban J connectivity index is 1.90. The number of carboxylic acid groups (broad SMARTS) is 1. The van der Waals surface area contributed by atoms with Gasteiger partial charge in [-0.2, -0.15) is 11.8 Å². The van der Waals surface area contributed by atoms with Crippen molar-refractivity contribution in [3.8, 4) is 0 Å². The van der Waals surface area contributed by atoms with Gasteiger partial charge in [0.25, 0.3) is 0 Å². The summed E-state index contributed by atoms with van der Waals surface area (Å²) in [6.45, 7) is 0.481. The molecule has 1 aliphatic rings. The number of hydrogen-bond acceptors (Lipinski definition) is 3. The molecule has 5 heteroatoms. The fraction of sp³-hybridized carbons (Fsp3) is 0.333. The van der Waals surface area contributed by atoms with Crippen LogP contribution in [0.15, 0.2) is 30.3 Å². The van der Waals surface area contributed by atoms with Crippen LogP contribution in [0.2, 0.25) is 0 Å². The molecule has 1 aromatic carbocycles. The van der Waals surface area contributed by atoms with Crippen LogP contribution < -0.4 is 5.32 Å². The molecule has 0 aromatic heterocycles. The molecule has 106 valence electrons. The monoisotopic (exact) mass is 291 g/mol. The zero-order valence-electron chi connectivity index (χ0n) is 11.0. The number of amides is 1. The Kier molecular flexibility index (Phi) is 5.24. The van der Waals surface area contributed by atoms with E-state index in [1.165, 1.54) is 0 Å². The van der Waals surface area contributed by atoms with Gasteiger partial charge in [0.1, 0.15) is 0 Å². The molecular weight excluding hydrogens is 274 g/mol. The molecule has 0 aliphatic carbocycles. The number of rotatable bonds is 5. The Hall–Kier alpha value is -1.75. The molecule has 2 rings (SSSR count). The minimum Gasteiger partial charge on any atom is -0.478 e. The summed E-state index contributed by atoms with van der Waals surface area (Å²) in [5.41, 5.74) is 1.78. The van der Waals surface area contributed by atoms with Gasteiger partial charge in [0.15, 0.2) is 0 Å². The number of carbonyl (C=O) groups is 2. The van der Waals surface area contributed by atoms with Crippen LogP contribution in [0.3, 0.4) is 0 Å². The van der Waals surface area contributed by atoms with E-state index in [9.17, 15) is 9.59 Å². The zero-order chi connectivity index (χ0) is 14.4. The Morgan fingerprint density at radius 2 is 2.30 bits per heavy atom. The van der Waals surface area contributed by atoms with Gasteiger partial charge >= 0.3 is 5.97 Å². The number of thioether (sulfide) groups is 1. The topological polar surface area (TPSA) is 66.4 Å². The smallest absolute Gasteiger partial charge is 0.328 e. The predicted molar refractivity (Wildman–Crippen MR) is 80.4 cm³/mol. The first-order valence-electron chi connectivity index (χ1n) is 6.50. The summed E-state index contributed by atoms with van der Waals surface area (Å²) in [6, 6.07) is 7.48. The zero-order valence-corrected chi connectivity index (χ0v) is 11.9. The number of carbonyl (C=O) groups excluding carboxylic acids is 1. The molecule has 4 nitrogen and oxygen atoms in total. The van der Waals surface area contributed by atoms with E-state index in [4.69, 9.17) is 5.11 Å². The minimum absolute atomic E-state index is 0.112. The van der Waals surface area contributed by atoms with Gasteiger partial charge in [0, 0.05) is 24.3 Å². The molecule has 0 bridgehead atoms. The molecule has 0 saturated carbocycles. The van der Waals surface area contributed by atoms with Crippen LogP contribution in [0.25, 0.3) is 6.08 Å². The third kappa shape index (κ3) is 4.42. The van der Waals surface area contributed by atoms with Crippen molar-refractivity contribution in [2.75, 3.05) is 11.5 Å². The highest BCUT2D eigenvalue weighted by Crippen LogP contribution is 2.23. The number of carboxylic acids is 1. The Morgan fingerprint density at radius 1 is 1.45 bits per heavy atom. The molecular formula is C15H17NO3S. The second kappa shape index (κ2) is 7.14. The van der Waals surface area contributed by atoms with E-state index < -0.39 is 5.97 Å². The summed E-state index contributed by atoms with van der Waals surface area (Å²) in [7, 11) is 0. The maximum atomic E-state index is 11.9. The van der Waals surface area contributed by atoms with Crippen molar-refractivity contribution in [2.24, 2.45) is 5.92 Å². The molecule has 1 aliphatic heterocycles. The maximum Gasteiger partial charge on any atom is 0.328 e. The molecule has 1 saturated heterocycles. The lowest BCUT2D eigenvalue weighted by Crippen LogP contribution is -2.30. The Bertz CT molecular complexity index is 522. The number of benzene rings is 1. The number of nitrogens with one attached hydrogen (secondary N) is 1. The van der Waals surface area contributed by atoms with Crippen LogP contribution in [-0.2, 0) is 16.1 Å². The standard InChI is InChI=1S/C15H17NO3S/c17-14(18)5-4-11-2-1-3-12(8-11)9-16-15(19)13-6-7-20-10-13/h1-5,8,13H,6-7,9-10H2,(H,16,19)(H,17,18). The van der Waals surface area contributed by atoms with Gasteiger partial charge in [-0.05, 0) is 35.4 Å². The van der Waals surface area contributed by atoms with Crippen LogP contribution in [0.5, 0.6) is 0 Å². The molecule has 20 heavy (non-hydrogen) atoms. The third-order valence-electron chi connectivity index (χ3n) is 3.14. The third-order valence-corrected chi connectivity index (χ3v) is 4.30. The van der Waals surface area contributed by atoms with Crippen molar-refractivity contribution in [2.45, 2.75) is 13.0 Å². The summed E-state index contributed by atoms with van der Waals surface area (Å²) in [5.74, 6) is 1.25. The lowest BCUT2D eigenvalue weighted by molar-refractivity contribution is -0.131. The normalized spacial score (nSPS) is 18.3. The molecule has 0 radical (unpaired) electrons. The first kappa shape index (κ1) is 14.7. The Labute approximate surface area is 122 Å². The van der Waals surface area contributed by atoms with Crippen molar-refractivity contribution in [1.82, 2.24) is 5.32 Å². The maximum absolute atomic E-state index is 11.9. The van der Waals surface area contributed by atoms with Gasteiger partial charge in [-0.1, -0.05) is 18.2 Å². The van der Waals surface area contributed by atoms with Crippen molar-refractivity contribution in [1.29, 1.82) is 0 Å². The van der Waals surface area contributed by atoms with Gasteiger partial charge in [0.05, 0.1) is 0 Å². The molecule has 1 fully saturated rings. The van der Waals surface area contributed by atoms with Crippen molar-refractivity contribution >= 4 is 29.7 Å². The summed E-state index contributed by atoms with van der Waals surface area (Å²) in [5, 5.41) is 11.5. The second-order valence-corrected chi connectivity index (χ2v) is 5.84. The summed E-state index contributed by atoms with van der Waals surface area (Å²) in [4.78, 5) is 22.4. The molecule has 2 N–H and O–H groups in total. The Morgan fingerprint density at radius 3 is 3.00 bits per heavy atom. The highest BCUT2D eigenvalue weighted by molar-refractivity contribution is 7.99. The van der Waals surface area contributed by atoms with Crippen LogP contribution in [0.1, 0.15) is 17.5 Å². The van der Waals surface area contributed by atoms with E-state index >= 15 is 0 Å². The van der Waals surface area contributed by atoms with Crippen molar-refractivity contribution < 1.29 is 14.7 Å². The molecule has 1 amide bonds. The average Bonchev–Trinajstić information content (AvgIpc) is 2.97. The SMILES string of the molecule is O=C(O)C=Cc1cccc(CNC(=O)C2CCSC2)c1. The fourth-order valence-electron chi connectivity index (χ4n) is 2.05. The molecule has 1 atom stereocenters. The number of hydrogen-bond donors (Lipinski definition) is 2. The van der Waals surface area contributed by atoms with E-state index in [2.05, 4.69) is 5.32 Å². The molecule has 1 unspecified atom stereocenters. The summed E-state index contributed by atoms with van der Waals surface area (Å²) in [6.07, 6.45) is 3.60. The van der Waals surface area contributed by atoms with E-state index in [-0.39, 0.29) is 11.8 Å². The van der Waals surface area contributed by atoms with Crippen LogP contribution >= 0.6 is 11.8 Å². The van der Waals surface area contributed by atoms with Crippen molar-refractivity contribution in [3.63, 3.8) is 0 Å².